The van der Waals surface area contributed by atoms with E-state index in [-0.39, 0.29) is 0 Å². The van der Waals surface area contributed by atoms with Gasteiger partial charge in [0.25, 0.3) is 0 Å². The Kier molecular flexibility index (Phi) is 4.45. The number of thiazole rings is 1. The molecule has 0 aromatic carbocycles. The molecule has 2 rings (SSSR count). The normalized spacial score (nSPS) is 23.1. The van der Waals surface area contributed by atoms with Crippen molar-refractivity contribution < 1.29 is 0 Å². The zero-order valence-electron chi connectivity index (χ0n) is 10.6. The van der Waals surface area contributed by atoms with Gasteiger partial charge in [-0.3, -0.25) is 4.99 Å². The molecule has 0 radical (unpaired) electrons. The Hall–Kier alpha value is -0.550. The predicted octanol–water partition coefficient (Wildman–Crippen LogP) is 3.06. The molecule has 0 saturated carbocycles. The van der Waals surface area contributed by atoms with Gasteiger partial charge in [-0.1, -0.05) is 25.6 Å². The van der Waals surface area contributed by atoms with E-state index >= 15 is 0 Å². The van der Waals surface area contributed by atoms with Crippen LogP contribution in [0.15, 0.2) is 10.4 Å². The Balaban J connectivity index is 1.93. The van der Waals surface area contributed by atoms with Crippen LogP contribution < -0.4 is 5.32 Å². The summed E-state index contributed by atoms with van der Waals surface area (Å²) in [5.41, 5.74) is 1.08. The van der Waals surface area contributed by atoms with Crippen LogP contribution in [0.5, 0.6) is 0 Å². The van der Waals surface area contributed by atoms with Crippen LogP contribution in [0, 0.1) is 12.8 Å². The molecule has 5 heteroatoms. The fraction of sp³-hybridized carbons (Fsp3) is 0.667. The lowest BCUT2D eigenvalue weighted by Crippen LogP contribution is -2.41. The standard InChI is InChI=1S/C12H19N3S2/c1-8(2)11-4-5-16-12(15-11)13-6-10-7-17-9(3)14-10/h7-8,11H,4-6H2,1-3H3,(H,13,15). The highest BCUT2D eigenvalue weighted by molar-refractivity contribution is 8.13. The van der Waals surface area contributed by atoms with Gasteiger partial charge >= 0.3 is 0 Å². The Morgan fingerprint density at radius 3 is 3.06 bits per heavy atom. The first-order chi connectivity index (χ1) is 8.15. The molecular formula is C12H19N3S2. The molecule has 1 N–H and O–H groups in total. The van der Waals surface area contributed by atoms with Crippen LogP contribution in [0.25, 0.3) is 0 Å². The summed E-state index contributed by atoms with van der Waals surface area (Å²) in [7, 11) is 0. The van der Waals surface area contributed by atoms with E-state index in [0.29, 0.717) is 18.5 Å². The van der Waals surface area contributed by atoms with Gasteiger partial charge in [-0.25, -0.2) is 4.98 Å². The van der Waals surface area contributed by atoms with E-state index < -0.39 is 0 Å². The molecule has 1 saturated heterocycles. The van der Waals surface area contributed by atoms with Crippen molar-refractivity contribution in [3.05, 3.63) is 16.1 Å². The largest absolute Gasteiger partial charge is 0.362 e. The molecule has 1 unspecified atom stereocenters. The first kappa shape index (κ1) is 12.9. The van der Waals surface area contributed by atoms with Crippen LogP contribution in [0.2, 0.25) is 0 Å². The highest BCUT2D eigenvalue weighted by atomic mass is 32.2. The van der Waals surface area contributed by atoms with Gasteiger partial charge in [-0.2, -0.15) is 0 Å². The average Bonchev–Trinajstić information content (AvgIpc) is 2.73. The minimum Gasteiger partial charge on any atom is -0.362 e. The molecule has 0 spiro atoms. The number of hydrogen-bond acceptors (Lipinski definition) is 4. The number of aromatic nitrogens is 1. The summed E-state index contributed by atoms with van der Waals surface area (Å²) < 4.78 is 0. The second-order valence-corrected chi connectivity index (χ2v) is 6.76. The average molecular weight is 269 g/mol. The fourth-order valence-corrected chi connectivity index (χ4v) is 3.34. The molecule has 0 bridgehead atoms. The molecule has 1 aliphatic rings. The Morgan fingerprint density at radius 2 is 2.41 bits per heavy atom. The molecule has 94 valence electrons. The SMILES string of the molecule is Cc1nc(CN=C2NC(C(C)C)CCS2)cs1. The van der Waals surface area contributed by atoms with Crippen molar-refractivity contribution in [2.75, 3.05) is 5.75 Å². The van der Waals surface area contributed by atoms with E-state index in [2.05, 4.69) is 34.5 Å². The highest BCUT2D eigenvalue weighted by Gasteiger charge is 2.19. The van der Waals surface area contributed by atoms with Gasteiger partial charge in [-0.15, -0.1) is 11.3 Å². The van der Waals surface area contributed by atoms with Crippen molar-refractivity contribution in [2.24, 2.45) is 10.9 Å². The molecule has 1 aromatic rings. The summed E-state index contributed by atoms with van der Waals surface area (Å²) in [4.78, 5) is 9.04. The summed E-state index contributed by atoms with van der Waals surface area (Å²) in [6.07, 6.45) is 1.23. The number of hydrogen-bond donors (Lipinski definition) is 1. The molecule has 1 atom stereocenters. The highest BCUT2D eigenvalue weighted by Crippen LogP contribution is 2.19. The number of amidine groups is 1. The van der Waals surface area contributed by atoms with Gasteiger partial charge < -0.3 is 5.32 Å². The smallest absolute Gasteiger partial charge is 0.157 e. The van der Waals surface area contributed by atoms with Gasteiger partial charge in [-0.05, 0) is 19.3 Å². The molecule has 0 amide bonds. The summed E-state index contributed by atoms with van der Waals surface area (Å²) >= 11 is 3.51. The van der Waals surface area contributed by atoms with Crippen molar-refractivity contribution in [3.63, 3.8) is 0 Å². The fourth-order valence-electron chi connectivity index (χ4n) is 1.78. The first-order valence-corrected chi connectivity index (χ1v) is 7.86. The summed E-state index contributed by atoms with van der Waals surface area (Å²) in [6, 6.07) is 0.576. The van der Waals surface area contributed by atoms with Crippen LogP contribution in [-0.2, 0) is 6.54 Å². The van der Waals surface area contributed by atoms with E-state index in [4.69, 9.17) is 0 Å². The van der Waals surface area contributed by atoms with Crippen LogP contribution in [0.3, 0.4) is 0 Å². The number of aliphatic imine (C=N–C) groups is 1. The van der Waals surface area contributed by atoms with Crippen molar-refractivity contribution >= 4 is 28.3 Å². The molecule has 0 aliphatic carbocycles. The van der Waals surface area contributed by atoms with Crippen LogP contribution in [-0.4, -0.2) is 21.9 Å². The van der Waals surface area contributed by atoms with Crippen LogP contribution >= 0.6 is 23.1 Å². The summed E-state index contributed by atoms with van der Waals surface area (Å²) in [5, 5.41) is 7.81. The van der Waals surface area contributed by atoms with Gasteiger partial charge in [0.15, 0.2) is 5.17 Å². The minimum absolute atomic E-state index is 0.576. The maximum atomic E-state index is 4.61. The molecule has 17 heavy (non-hydrogen) atoms. The number of aryl methyl sites for hydroxylation is 1. The zero-order chi connectivity index (χ0) is 12.3. The monoisotopic (exact) mass is 269 g/mol. The summed E-state index contributed by atoms with van der Waals surface area (Å²) in [5.74, 6) is 1.84. The van der Waals surface area contributed by atoms with E-state index in [1.165, 1.54) is 12.2 Å². The maximum absolute atomic E-state index is 4.61. The lowest BCUT2D eigenvalue weighted by atomic mass is 10.0. The van der Waals surface area contributed by atoms with Crippen molar-refractivity contribution in [1.29, 1.82) is 0 Å². The summed E-state index contributed by atoms with van der Waals surface area (Å²) in [6.45, 7) is 7.25. The molecule has 2 heterocycles. The van der Waals surface area contributed by atoms with Crippen molar-refractivity contribution in [3.8, 4) is 0 Å². The van der Waals surface area contributed by atoms with Crippen molar-refractivity contribution in [1.82, 2.24) is 10.3 Å². The Labute approximate surface area is 111 Å². The third kappa shape index (κ3) is 3.71. The number of thioether (sulfide) groups is 1. The first-order valence-electron chi connectivity index (χ1n) is 6.00. The van der Waals surface area contributed by atoms with Crippen molar-refractivity contribution in [2.45, 2.75) is 39.8 Å². The molecule has 1 aliphatic heterocycles. The number of nitrogens with zero attached hydrogens (tertiary/aromatic N) is 2. The van der Waals surface area contributed by atoms with Gasteiger partial charge in [0.2, 0.25) is 0 Å². The van der Waals surface area contributed by atoms with E-state index in [1.54, 1.807) is 11.3 Å². The second-order valence-electron chi connectivity index (χ2n) is 4.61. The van der Waals surface area contributed by atoms with Crippen LogP contribution in [0.1, 0.15) is 31.0 Å². The molecule has 1 fully saturated rings. The van der Waals surface area contributed by atoms with E-state index in [9.17, 15) is 0 Å². The van der Waals surface area contributed by atoms with E-state index in [1.807, 2.05) is 18.7 Å². The van der Waals surface area contributed by atoms with Gasteiger partial charge in [0.1, 0.15) is 0 Å². The Morgan fingerprint density at radius 1 is 1.59 bits per heavy atom. The quantitative estimate of drug-likeness (QED) is 0.916. The Bertz CT molecular complexity index is 398. The number of nitrogens with one attached hydrogen (secondary N) is 1. The number of rotatable bonds is 3. The lowest BCUT2D eigenvalue weighted by molar-refractivity contribution is 0.442. The third-order valence-electron chi connectivity index (χ3n) is 2.83. The topological polar surface area (TPSA) is 37.3 Å². The van der Waals surface area contributed by atoms with Crippen LogP contribution in [0.4, 0.5) is 0 Å². The second kappa shape index (κ2) is 5.87. The van der Waals surface area contributed by atoms with E-state index in [0.717, 1.165) is 15.9 Å². The van der Waals surface area contributed by atoms with Gasteiger partial charge in [0, 0.05) is 17.2 Å². The lowest BCUT2D eigenvalue weighted by Gasteiger charge is -2.28. The predicted molar refractivity (Wildman–Crippen MR) is 76.8 cm³/mol. The molecule has 3 nitrogen and oxygen atoms in total. The third-order valence-corrected chi connectivity index (χ3v) is 4.62. The molecule has 1 aromatic heterocycles. The molecular weight excluding hydrogens is 250 g/mol. The maximum Gasteiger partial charge on any atom is 0.157 e. The minimum atomic E-state index is 0.576. The van der Waals surface area contributed by atoms with Gasteiger partial charge in [0.05, 0.1) is 17.2 Å². The zero-order valence-corrected chi connectivity index (χ0v) is 12.2.